The maximum atomic E-state index is 12.8. The van der Waals surface area contributed by atoms with Crippen LogP contribution in [0, 0.1) is 0 Å². The highest BCUT2D eigenvalue weighted by molar-refractivity contribution is 7.89. The van der Waals surface area contributed by atoms with Crippen LogP contribution in [-0.2, 0) is 21.0 Å². The molecule has 0 aromatic heterocycles. The number of piperazine rings is 1. The minimum absolute atomic E-state index is 0.0381. The van der Waals surface area contributed by atoms with Crippen LogP contribution in [0.4, 0.5) is 24.5 Å². The van der Waals surface area contributed by atoms with Crippen LogP contribution in [0.25, 0.3) is 0 Å². The van der Waals surface area contributed by atoms with Gasteiger partial charge in [0.05, 0.1) is 17.0 Å². The lowest BCUT2D eigenvalue weighted by Crippen LogP contribution is -2.48. The maximum absolute atomic E-state index is 12.8. The molecule has 11 heteroatoms. The first-order valence-corrected chi connectivity index (χ1v) is 10.6. The normalized spacial score (nSPS) is 15.8. The summed E-state index contributed by atoms with van der Waals surface area (Å²) >= 11 is 0. The van der Waals surface area contributed by atoms with Gasteiger partial charge in [0, 0.05) is 37.6 Å². The maximum Gasteiger partial charge on any atom is 0.416 e. The number of carbonyl (C=O) groups excluding carboxylic acids is 1. The van der Waals surface area contributed by atoms with Gasteiger partial charge in [-0.05, 0) is 42.5 Å². The molecule has 3 N–H and O–H groups in total. The third kappa shape index (κ3) is 5.71. The van der Waals surface area contributed by atoms with Crippen LogP contribution in [-0.4, -0.2) is 51.9 Å². The number of nitrogens with one attached hydrogen (secondary N) is 1. The Labute approximate surface area is 172 Å². The van der Waals surface area contributed by atoms with Gasteiger partial charge in [-0.15, -0.1) is 0 Å². The number of primary sulfonamides is 1. The number of benzene rings is 2. The highest BCUT2D eigenvalue weighted by Crippen LogP contribution is 2.30. The van der Waals surface area contributed by atoms with Gasteiger partial charge in [-0.2, -0.15) is 13.2 Å². The zero-order chi connectivity index (χ0) is 21.9. The molecule has 1 aliphatic heterocycles. The van der Waals surface area contributed by atoms with E-state index in [-0.39, 0.29) is 23.0 Å². The predicted molar refractivity (Wildman–Crippen MR) is 107 cm³/mol. The van der Waals surface area contributed by atoms with E-state index in [0.29, 0.717) is 26.2 Å². The molecule has 1 heterocycles. The molecule has 0 spiro atoms. The summed E-state index contributed by atoms with van der Waals surface area (Å²) in [6.45, 7) is 2.45. The van der Waals surface area contributed by atoms with Gasteiger partial charge in [-0.1, -0.05) is 6.07 Å². The molecule has 1 amide bonds. The Bertz CT molecular complexity index is 1000. The fraction of sp³-hybridized carbons (Fsp3) is 0.316. The number of carbonyl (C=O) groups is 1. The van der Waals surface area contributed by atoms with Gasteiger partial charge in [0.1, 0.15) is 0 Å². The van der Waals surface area contributed by atoms with Crippen molar-refractivity contribution in [3.63, 3.8) is 0 Å². The standard InChI is InChI=1S/C19H21F3N4O3S/c20-19(21,22)14-2-1-3-15(12-14)24-18(27)13-25-8-10-26(11-9-25)16-4-6-17(7-5-16)30(23,28)29/h1-7,12H,8-11,13H2,(H,24,27)(H2,23,28,29). The Morgan fingerprint density at radius 3 is 2.23 bits per heavy atom. The minimum atomic E-state index is -4.47. The lowest BCUT2D eigenvalue weighted by atomic mass is 10.2. The number of nitrogens with zero attached hydrogens (tertiary/aromatic N) is 2. The van der Waals surface area contributed by atoms with E-state index < -0.39 is 21.8 Å². The number of halogens is 3. The molecule has 3 rings (SSSR count). The van der Waals surface area contributed by atoms with Gasteiger partial charge < -0.3 is 10.2 Å². The number of alkyl halides is 3. The fourth-order valence-electron chi connectivity index (χ4n) is 3.19. The Morgan fingerprint density at radius 1 is 1.03 bits per heavy atom. The summed E-state index contributed by atoms with van der Waals surface area (Å²) in [6, 6.07) is 10.8. The molecule has 0 aliphatic carbocycles. The molecular weight excluding hydrogens is 421 g/mol. The molecular formula is C19H21F3N4O3S. The average molecular weight is 442 g/mol. The molecule has 7 nitrogen and oxygen atoms in total. The molecule has 30 heavy (non-hydrogen) atoms. The smallest absolute Gasteiger partial charge is 0.369 e. The highest BCUT2D eigenvalue weighted by Gasteiger charge is 2.30. The Balaban J connectivity index is 1.51. The Hall–Kier alpha value is -2.63. The lowest BCUT2D eigenvalue weighted by Gasteiger charge is -2.35. The van der Waals surface area contributed by atoms with E-state index in [9.17, 15) is 26.4 Å². The van der Waals surface area contributed by atoms with Crippen molar-refractivity contribution in [1.29, 1.82) is 0 Å². The van der Waals surface area contributed by atoms with Crippen molar-refractivity contribution < 1.29 is 26.4 Å². The molecule has 0 bridgehead atoms. The quantitative estimate of drug-likeness (QED) is 0.740. The number of rotatable bonds is 5. The van der Waals surface area contributed by atoms with Crippen molar-refractivity contribution >= 4 is 27.3 Å². The highest BCUT2D eigenvalue weighted by atomic mass is 32.2. The van der Waals surface area contributed by atoms with Crippen molar-refractivity contribution in [3.05, 3.63) is 54.1 Å². The molecule has 1 saturated heterocycles. The summed E-state index contributed by atoms with van der Waals surface area (Å²) in [5.41, 5.74) is 0.126. The van der Waals surface area contributed by atoms with Gasteiger partial charge in [-0.3, -0.25) is 9.69 Å². The first-order chi connectivity index (χ1) is 14.0. The third-order valence-electron chi connectivity index (χ3n) is 4.74. The van der Waals surface area contributed by atoms with E-state index in [4.69, 9.17) is 5.14 Å². The Kier molecular flexibility index (Phi) is 6.34. The zero-order valence-electron chi connectivity index (χ0n) is 15.9. The molecule has 0 unspecified atom stereocenters. The summed E-state index contributed by atoms with van der Waals surface area (Å²) < 4.78 is 61.0. The van der Waals surface area contributed by atoms with Gasteiger partial charge in [0.2, 0.25) is 15.9 Å². The van der Waals surface area contributed by atoms with Crippen molar-refractivity contribution in [2.75, 3.05) is 42.9 Å². The number of anilines is 2. The molecule has 1 aliphatic rings. The SMILES string of the molecule is NS(=O)(=O)c1ccc(N2CCN(CC(=O)Nc3cccc(C(F)(F)F)c3)CC2)cc1. The van der Waals surface area contributed by atoms with E-state index in [2.05, 4.69) is 5.32 Å². The second-order valence-electron chi connectivity index (χ2n) is 6.93. The number of sulfonamides is 1. The topological polar surface area (TPSA) is 95.7 Å². The summed E-state index contributed by atoms with van der Waals surface area (Å²) in [5, 5.41) is 7.59. The van der Waals surface area contributed by atoms with E-state index in [1.807, 2.05) is 9.80 Å². The molecule has 0 saturated carbocycles. The van der Waals surface area contributed by atoms with E-state index >= 15 is 0 Å². The molecule has 2 aromatic carbocycles. The van der Waals surface area contributed by atoms with Gasteiger partial charge in [0.15, 0.2) is 0 Å². The zero-order valence-corrected chi connectivity index (χ0v) is 16.7. The first kappa shape index (κ1) is 22.1. The summed E-state index contributed by atoms with van der Waals surface area (Å²) in [7, 11) is -3.74. The Morgan fingerprint density at radius 2 is 1.67 bits per heavy atom. The van der Waals surface area contributed by atoms with E-state index in [1.54, 1.807) is 12.1 Å². The van der Waals surface area contributed by atoms with Crippen LogP contribution in [0.1, 0.15) is 5.56 Å². The summed E-state index contributed by atoms with van der Waals surface area (Å²) in [4.78, 5) is 16.2. The predicted octanol–water partition coefficient (Wildman–Crippen LogP) is 2.11. The molecule has 2 aromatic rings. The average Bonchev–Trinajstić information content (AvgIpc) is 2.67. The minimum Gasteiger partial charge on any atom is -0.369 e. The van der Waals surface area contributed by atoms with Crippen LogP contribution in [0.15, 0.2) is 53.4 Å². The summed E-state index contributed by atoms with van der Waals surface area (Å²) in [6.07, 6.45) is -4.47. The second-order valence-corrected chi connectivity index (χ2v) is 8.49. The van der Waals surface area contributed by atoms with Crippen molar-refractivity contribution in [3.8, 4) is 0 Å². The second kappa shape index (κ2) is 8.62. The number of nitrogens with two attached hydrogens (primary N) is 1. The van der Waals surface area contributed by atoms with Crippen molar-refractivity contribution in [2.45, 2.75) is 11.1 Å². The van der Waals surface area contributed by atoms with Crippen molar-refractivity contribution in [2.24, 2.45) is 5.14 Å². The molecule has 0 radical (unpaired) electrons. The number of amides is 1. The fourth-order valence-corrected chi connectivity index (χ4v) is 3.70. The van der Waals surface area contributed by atoms with E-state index in [0.717, 1.165) is 17.8 Å². The summed E-state index contributed by atoms with van der Waals surface area (Å²) in [5.74, 6) is -0.389. The van der Waals surface area contributed by atoms with Crippen LogP contribution in [0.3, 0.4) is 0 Å². The van der Waals surface area contributed by atoms with Crippen LogP contribution < -0.4 is 15.4 Å². The molecule has 1 fully saturated rings. The molecule has 0 atom stereocenters. The van der Waals surface area contributed by atoms with Crippen molar-refractivity contribution in [1.82, 2.24) is 4.90 Å². The largest absolute Gasteiger partial charge is 0.416 e. The lowest BCUT2D eigenvalue weighted by molar-refractivity contribution is -0.137. The first-order valence-electron chi connectivity index (χ1n) is 9.10. The van der Waals surface area contributed by atoms with Crippen LogP contribution >= 0.6 is 0 Å². The number of hydrogen-bond acceptors (Lipinski definition) is 5. The van der Waals surface area contributed by atoms with Crippen LogP contribution in [0.5, 0.6) is 0 Å². The van der Waals surface area contributed by atoms with E-state index in [1.165, 1.54) is 24.3 Å². The van der Waals surface area contributed by atoms with Gasteiger partial charge in [-0.25, -0.2) is 13.6 Å². The third-order valence-corrected chi connectivity index (χ3v) is 5.67. The monoisotopic (exact) mass is 442 g/mol. The molecule has 162 valence electrons. The number of hydrogen-bond donors (Lipinski definition) is 2. The van der Waals surface area contributed by atoms with Crippen LogP contribution in [0.2, 0.25) is 0 Å². The van der Waals surface area contributed by atoms with Gasteiger partial charge >= 0.3 is 6.18 Å². The van der Waals surface area contributed by atoms with Gasteiger partial charge in [0.25, 0.3) is 0 Å².